The Bertz CT molecular complexity index is 482. The van der Waals surface area contributed by atoms with E-state index in [9.17, 15) is 0 Å². The Labute approximate surface area is 104 Å². The van der Waals surface area contributed by atoms with Crippen LogP contribution in [0.15, 0.2) is 42.5 Å². The zero-order valence-electron chi connectivity index (χ0n) is 11.0. The highest BCUT2D eigenvalue weighted by Gasteiger charge is 2.05. The van der Waals surface area contributed by atoms with E-state index in [2.05, 4.69) is 68.3 Å². The Morgan fingerprint density at radius 3 is 2.47 bits per heavy atom. The molecule has 0 saturated heterocycles. The van der Waals surface area contributed by atoms with Crippen LogP contribution in [0.3, 0.4) is 0 Å². The minimum Gasteiger partial charge on any atom is -0.302 e. The van der Waals surface area contributed by atoms with Crippen LogP contribution < -0.4 is 0 Å². The Kier molecular flexibility index (Phi) is 3.80. The molecule has 17 heavy (non-hydrogen) atoms. The molecule has 0 aromatic heterocycles. The molecule has 0 atom stereocenters. The lowest BCUT2D eigenvalue weighted by Gasteiger charge is -2.19. The Morgan fingerprint density at radius 1 is 1.00 bits per heavy atom. The van der Waals surface area contributed by atoms with Crippen LogP contribution in [0.25, 0.3) is 10.8 Å². The van der Waals surface area contributed by atoms with Crippen molar-refractivity contribution >= 4 is 10.8 Å². The van der Waals surface area contributed by atoms with Crippen molar-refractivity contribution in [3.63, 3.8) is 0 Å². The van der Waals surface area contributed by atoms with Crippen LogP contribution in [-0.4, -0.2) is 18.5 Å². The van der Waals surface area contributed by atoms with Crippen LogP contribution >= 0.6 is 0 Å². The van der Waals surface area contributed by atoms with Crippen molar-refractivity contribution in [3.8, 4) is 0 Å². The third-order valence-corrected chi connectivity index (χ3v) is 3.00. The lowest BCUT2D eigenvalue weighted by Crippen LogP contribution is -2.22. The summed E-state index contributed by atoms with van der Waals surface area (Å²) in [5.41, 5.74) is 1.42. The maximum atomic E-state index is 2.40. The van der Waals surface area contributed by atoms with Crippen molar-refractivity contribution in [2.24, 2.45) is 5.92 Å². The second-order valence-corrected chi connectivity index (χ2v) is 5.23. The molecule has 0 unspecified atom stereocenters. The minimum absolute atomic E-state index is 0.718. The van der Waals surface area contributed by atoms with Crippen LogP contribution in [-0.2, 0) is 6.54 Å². The first-order chi connectivity index (χ1) is 8.16. The number of hydrogen-bond acceptors (Lipinski definition) is 1. The molecule has 0 aliphatic heterocycles. The fraction of sp³-hybridized carbons (Fsp3) is 0.375. The second kappa shape index (κ2) is 5.33. The summed E-state index contributed by atoms with van der Waals surface area (Å²) in [6.07, 6.45) is 0. The van der Waals surface area contributed by atoms with Crippen LogP contribution in [0.1, 0.15) is 19.4 Å². The Morgan fingerprint density at radius 2 is 1.71 bits per heavy atom. The largest absolute Gasteiger partial charge is 0.302 e. The molecule has 1 nitrogen and oxygen atoms in total. The van der Waals surface area contributed by atoms with Gasteiger partial charge in [0.05, 0.1) is 0 Å². The summed E-state index contributed by atoms with van der Waals surface area (Å²) in [5.74, 6) is 0.718. The highest BCUT2D eigenvalue weighted by Crippen LogP contribution is 2.19. The predicted octanol–water partition coefficient (Wildman–Crippen LogP) is 3.93. The zero-order chi connectivity index (χ0) is 12.3. The van der Waals surface area contributed by atoms with Crippen molar-refractivity contribution < 1.29 is 0 Å². The molecule has 0 bridgehead atoms. The number of fused-ring (bicyclic) bond motifs is 1. The maximum Gasteiger partial charge on any atom is 0.0236 e. The van der Waals surface area contributed by atoms with E-state index in [1.165, 1.54) is 16.3 Å². The van der Waals surface area contributed by atoms with Crippen molar-refractivity contribution in [2.45, 2.75) is 20.4 Å². The molecule has 0 heterocycles. The average Bonchev–Trinajstić information content (AvgIpc) is 2.28. The van der Waals surface area contributed by atoms with Gasteiger partial charge >= 0.3 is 0 Å². The van der Waals surface area contributed by atoms with Crippen LogP contribution in [0.5, 0.6) is 0 Å². The smallest absolute Gasteiger partial charge is 0.0236 e. The van der Waals surface area contributed by atoms with E-state index in [1.54, 1.807) is 0 Å². The van der Waals surface area contributed by atoms with E-state index < -0.39 is 0 Å². The SMILES string of the molecule is CC(C)CN(C)Cc1cccc2ccccc12. The van der Waals surface area contributed by atoms with Gasteiger partial charge in [-0.05, 0) is 29.3 Å². The fourth-order valence-electron chi connectivity index (χ4n) is 2.41. The quantitative estimate of drug-likeness (QED) is 0.765. The van der Waals surface area contributed by atoms with Gasteiger partial charge in [0.15, 0.2) is 0 Å². The van der Waals surface area contributed by atoms with Gasteiger partial charge in [0.2, 0.25) is 0 Å². The third-order valence-electron chi connectivity index (χ3n) is 3.00. The summed E-state index contributed by atoms with van der Waals surface area (Å²) in [4.78, 5) is 2.40. The topological polar surface area (TPSA) is 3.24 Å². The van der Waals surface area contributed by atoms with E-state index in [0.29, 0.717) is 0 Å². The van der Waals surface area contributed by atoms with E-state index in [1.807, 2.05) is 0 Å². The highest BCUT2D eigenvalue weighted by atomic mass is 15.1. The third kappa shape index (κ3) is 3.07. The number of hydrogen-bond donors (Lipinski definition) is 0. The minimum atomic E-state index is 0.718. The van der Waals surface area contributed by atoms with Gasteiger partial charge in [-0.15, -0.1) is 0 Å². The molecule has 0 N–H and O–H groups in total. The van der Waals surface area contributed by atoms with Gasteiger partial charge < -0.3 is 4.90 Å². The van der Waals surface area contributed by atoms with Gasteiger partial charge in [0.25, 0.3) is 0 Å². The summed E-state index contributed by atoms with van der Waals surface area (Å²) in [6, 6.07) is 15.2. The summed E-state index contributed by atoms with van der Waals surface area (Å²) in [6.45, 7) is 6.70. The molecule has 0 radical (unpaired) electrons. The Hall–Kier alpha value is -1.34. The molecule has 90 valence electrons. The van der Waals surface area contributed by atoms with Crippen molar-refractivity contribution in [1.82, 2.24) is 4.90 Å². The van der Waals surface area contributed by atoms with Gasteiger partial charge in [-0.3, -0.25) is 0 Å². The van der Waals surface area contributed by atoms with Crippen LogP contribution in [0.2, 0.25) is 0 Å². The van der Waals surface area contributed by atoms with Crippen molar-refractivity contribution in [2.75, 3.05) is 13.6 Å². The van der Waals surface area contributed by atoms with E-state index in [0.717, 1.165) is 19.0 Å². The molecule has 2 aromatic carbocycles. The number of rotatable bonds is 4. The molecular formula is C16H21N. The number of benzene rings is 2. The summed E-state index contributed by atoms with van der Waals surface area (Å²) >= 11 is 0. The zero-order valence-corrected chi connectivity index (χ0v) is 11.0. The molecule has 0 amide bonds. The highest BCUT2D eigenvalue weighted by molar-refractivity contribution is 5.85. The van der Waals surface area contributed by atoms with Gasteiger partial charge in [-0.1, -0.05) is 56.3 Å². The summed E-state index contributed by atoms with van der Waals surface area (Å²) in [7, 11) is 2.20. The average molecular weight is 227 g/mol. The van der Waals surface area contributed by atoms with Crippen molar-refractivity contribution in [1.29, 1.82) is 0 Å². The number of nitrogens with zero attached hydrogens (tertiary/aromatic N) is 1. The summed E-state index contributed by atoms with van der Waals surface area (Å²) < 4.78 is 0. The molecule has 0 fully saturated rings. The maximum absolute atomic E-state index is 2.40. The first-order valence-corrected chi connectivity index (χ1v) is 6.32. The fourth-order valence-corrected chi connectivity index (χ4v) is 2.41. The van der Waals surface area contributed by atoms with Gasteiger partial charge in [-0.2, -0.15) is 0 Å². The summed E-state index contributed by atoms with van der Waals surface area (Å²) in [5, 5.41) is 2.72. The van der Waals surface area contributed by atoms with E-state index >= 15 is 0 Å². The standard InChI is InChI=1S/C16H21N/c1-13(2)11-17(3)12-15-9-6-8-14-7-4-5-10-16(14)15/h4-10,13H,11-12H2,1-3H3. The van der Waals surface area contributed by atoms with Crippen molar-refractivity contribution in [3.05, 3.63) is 48.0 Å². The molecule has 0 saturated carbocycles. The van der Waals surface area contributed by atoms with E-state index in [4.69, 9.17) is 0 Å². The molecule has 2 aromatic rings. The normalized spacial score (nSPS) is 11.6. The predicted molar refractivity (Wildman–Crippen MR) is 75.1 cm³/mol. The monoisotopic (exact) mass is 227 g/mol. The molecular weight excluding hydrogens is 206 g/mol. The molecule has 0 aliphatic carbocycles. The first kappa shape index (κ1) is 12.1. The van der Waals surface area contributed by atoms with Gasteiger partial charge in [0, 0.05) is 13.1 Å². The molecule has 2 rings (SSSR count). The molecule has 1 heteroatoms. The molecule has 0 spiro atoms. The molecule has 0 aliphatic rings. The Balaban J connectivity index is 2.24. The lowest BCUT2D eigenvalue weighted by atomic mass is 10.0. The van der Waals surface area contributed by atoms with Crippen LogP contribution in [0.4, 0.5) is 0 Å². The van der Waals surface area contributed by atoms with Gasteiger partial charge in [-0.25, -0.2) is 0 Å². The first-order valence-electron chi connectivity index (χ1n) is 6.32. The second-order valence-electron chi connectivity index (χ2n) is 5.23. The van der Waals surface area contributed by atoms with E-state index in [-0.39, 0.29) is 0 Å². The van der Waals surface area contributed by atoms with Crippen LogP contribution in [0, 0.1) is 5.92 Å². The lowest BCUT2D eigenvalue weighted by molar-refractivity contribution is 0.289. The van der Waals surface area contributed by atoms with Gasteiger partial charge in [0.1, 0.15) is 0 Å².